The van der Waals surface area contributed by atoms with Crippen LogP contribution < -0.4 is 5.73 Å². The van der Waals surface area contributed by atoms with E-state index in [1.807, 2.05) is 0 Å². The zero-order valence-electron chi connectivity index (χ0n) is 12.1. The summed E-state index contributed by atoms with van der Waals surface area (Å²) < 4.78 is 11.5. The Hall–Kier alpha value is -0.120. The largest absolute Gasteiger partial charge is 0.378 e. The van der Waals surface area contributed by atoms with Gasteiger partial charge in [-0.05, 0) is 51.9 Å². The van der Waals surface area contributed by atoms with Crippen LogP contribution in [0, 0.1) is 11.8 Å². The highest BCUT2D eigenvalue weighted by Crippen LogP contribution is 2.35. The molecule has 2 aliphatic heterocycles. The average Bonchev–Trinajstić information content (AvgIpc) is 2.89. The lowest BCUT2D eigenvalue weighted by atomic mass is 9.82. The summed E-state index contributed by atoms with van der Waals surface area (Å²) >= 11 is 0. The summed E-state index contributed by atoms with van der Waals surface area (Å²) in [6.45, 7) is 7.57. The first-order chi connectivity index (χ1) is 8.59. The van der Waals surface area contributed by atoms with Gasteiger partial charge < -0.3 is 15.2 Å². The van der Waals surface area contributed by atoms with E-state index in [0.29, 0.717) is 30.1 Å². The molecule has 6 unspecified atom stereocenters. The molecule has 0 bridgehead atoms. The van der Waals surface area contributed by atoms with Crippen molar-refractivity contribution < 1.29 is 9.47 Å². The zero-order chi connectivity index (χ0) is 13.1. The smallest absolute Gasteiger partial charge is 0.0597 e. The van der Waals surface area contributed by atoms with Gasteiger partial charge >= 0.3 is 0 Å². The van der Waals surface area contributed by atoms with E-state index in [4.69, 9.17) is 15.2 Å². The lowest BCUT2D eigenvalue weighted by molar-refractivity contribution is 0.0483. The van der Waals surface area contributed by atoms with Gasteiger partial charge in [-0.1, -0.05) is 6.92 Å². The van der Waals surface area contributed by atoms with Gasteiger partial charge in [0, 0.05) is 18.6 Å². The Morgan fingerprint density at radius 3 is 2.56 bits per heavy atom. The van der Waals surface area contributed by atoms with Crippen molar-refractivity contribution in [1.29, 1.82) is 0 Å². The molecule has 2 saturated heterocycles. The van der Waals surface area contributed by atoms with Gasteiger partial charge in [-0.2, -0.15) is 0 Å². The first-order valence-corrected chi connectivity index (χ1v) is 7.62. The molecule has 0 spiro atoms. The van der Waals surface area contributed by atoms with Crippen molar-refractivity contribution in [2.75, 3.05) is 6.61 Å². The van der Waals surface area contributed by atoms with E-state index in [0.717, 1.165) is 13.0 Å². The normalized spacial score (nSPS) is 42.3. The summed E-state index contributed by atoms with van der Waals surface area (Å²) in [7, 11) is 0. The second-order valence-electron chi connectivity index (χ2n) is 6.21. The minimum atomic E-state index is 0.279. The highest BCUT2D eigenvalue weighted by molar-refractivity contribution is 4.90. The average molecular weight is 255 g/mol. The molecule has 6 atom stereocenters. The van der Waals surface area contributed by atoms with E-state index < -0.39 is 0 Å². The second-order valence-corrected chi connectivity index (χ2v) is 6.21. The Balaban J connectivity index is 1.71. The van der Waals surface area contributed by atoms with Crippen molar-refractivity contribution in [3.05, 3.63) is 0 Å². The van der Waals surface area contributed by atoms with Crippen molar-refractivity contribution in [3.63, 3.8) is 0 Å². The second kappa shape index (κ2) is 6.36. The summed E-state index contributed by atoms with van der Waals surface area (Å²) in [6.07, 6.45) is 7.13. The van der Waals surface area contributed by atoms with E-state index in [1.54, 1.807) is 0 Å². The maximum absolute atomic E-state index is 6.39. The molecule has 2 fully saturated rings. The Morgan fingerprint density at radius 2 is 2.00 bits per heavy atom. The predicted octanol–water partition coefficient (Wildman–Crippen LogP) is 2.72. The highest BCUT2D eigenvalue weighted by atomic mass is 16.5. The Labute approximate surface area is 111 Å². The minimum absolute atomic E-state index is 0.279. The third-order valence-electron chi connectivity index (χ3n) is 4.90. The maximum atomic E-state index is 6.39. The Morgan fingerprint density at radius 1 is 1.22 bits per heavy atom. The van der Waals surface area contributed by atoms with Gasteiger partial charge in [-0.3, -0.25) is 0 Å². The van der Waals surface area contributed by atoms with E-state index in [1.165, 1.54) is 25.7 Å². The first kappa shape index (κ1) is 14.3. The SMILES string of the molecule is CC1OC(C)C(C(N)CCCC2CCCO2)C1C. The zero-order valence-corrected chi connectivity index (χ0v) is 12.1. The van der Waals surface area contributed by atoms with Crippen molar-refractivity contribution in [2.24, 2.45) is 17.6 Å². The lowest BCUT2D eigenvalue weighted by Crippen LogP contribution is -2.37. The monoisotopic (exact) mass is 255 g/mol. The molecule has 0 radical (unpaired) electrons. The van der Waals surface area contributed by atoms with E-state index >= 15 is 0 Å². The van der Waals surface area contributed by atoms with Crippen LogP contribution in [0.25, 0.3) is 0 Å². The molecule has 0 saturated carbocycles. The Bertz CT molecular complexity index is 253. The van der Waals surface area contributed by atoms with Crippen LogP contribution in [0.2, 0.25) is 0 Å². The fraction of sp³-hybridized carbons (Fsp3) is 1.00. The maximum Gasteiger partial charge on any atom is 0.0597 e. The van der Waals surface area contributed by atoms with Crippen LogP contribution in [0.5, 0.6) is 0 Å². The van der Waals surface area contributed by atoms with Gasteiger partial charge in [0.2, 0.25) is 0 Å². The van der Waals surface area contributed by atoms with Crippen LogP contribution in [0.15, 0.2) is 0 Å². The summed E-state index contributed by atoms with van der Waals surface area (Å²) in [6, 6.07) is 0.279. The molecule has 2 rings (SSSR count). The van der Waals surface area contributed by atoms with Gasteiger partial charge in [0.25, 0.3) is 0 Å². The number of nitrogens with two attached hydrogens (primary N) is 1. The molecule has 18 heavy (non-hydrogen) atoms. The van der Waals surface area contributed by atoms with Crippen molar-refractivity contribution in [3.8, 4) is 0 Å². The summed E-state index contributed by atoms with van der Waals surface area (Å²) in [5, 5.41) is 0. The third kappa shape index (κ3) is 3.25. The number of ether oxygens (including phenoxy) is 2. The highest BCUT2D eigenvalue weighted by Gasteiger charge is 2.40. The molecule has 0 aromatic rings. The summed E-state index contributed by atoms with van der Waals surface area (Å²) in [4.78, 5) is 0. The van der Waals surface area contributed by atoms with Gasteiger partial charge in [0.15, 0.2) is 0 Å². The number of hydrogen-bond acceptors (Lipinski definition) is 3. The molecule has 0 aromatic heterocycles. The van der Waals surface area contributed by atoms with Gasteiger partial charge in [0.05, 0.1) is 18.3 Å². The molecule has 3 nitrogen and oxygen atoms in total. The summed E-state index contributed by atoms with van der Waals surface area (Å²) in [5.74, 6) is 1.10. The van der Waals surface area contributed by atoms with Crippen LogP contribution in [-0.2, 0) is 9.47 Å². The standard InChI is InChI=1S/C15H29NO2/c1-10-11(2)18-12(3)15(10)14(16)8-4-6-13-7-5-9-17-13/h10-15H,4-9,16H2,1-3H3. The molecular weight excluding hydrogens is 226 g/mol. The molecule has 2 N–H and O–H groups in total. The van der Waals surface area contributed by atoms with Crippen LogP contribution in [0.4, 0.5) is 0 Å². The van der Waals surface area contributed by atoms with E-state index in [-0.39, 0.29) is 6.04 Å². The van der Waals surface area contributed by atoms with Crippen LogP contribution >= 0.6 is 0 Å². The van der Waals surface area contributed by atoms with Crippen LogP contribution in [0.3, 0.4) is 0 Å². The van der Waals surface area contributed by atoms with Gasteiger partial charge in [-0.15, -0.1) is 0 Å². The molecule has 2 heterocycles. The molecule has 0 aromatic carbocycles. The van der Waals surface area contributed by atoms with Crippen molar-refractivity contribution in [2.45, 2.75) is 77.2 Å². The number of rotatable bonds is 5. The molecule has 0 amide bonds. The van der Waals surface area contributed by atoms with Gasteiger partial charge in [0.1, 0.15) is 0 Å². The fourth-order valence-electron chi connectivity index (χ4n) is 3.68. The lowest BCUT2D eigenvalue weighted by Gasteiger charge is -2.26. The topological polar surface area (TPSA) is 44.5 Å². The minimum Gasteiger partial charge on any atom is -0.378 e. The van der Waals surface area contributed by atoms with E-state index in [2.05, 4.69) is 20.8 Å². The van der Waals surface area contributed by atoms with Gasteiger partial charge in [-0.25, -0.2) is 0 Å². The Kier molecular flexibility index (Phi) is 5.05. The molecule has 106 valence electrons. The third-order valence-corrected chi connectivity index (χ3v) is 4.90. The molecule has 3 heteroatoms. The first-order valence-electron chi connectivity index (χ1n) is 7.62. The summed E-state index contributed by atoms with van der Waals surface area (Å²) in [5.41, 5.74) is 6.39. The molecule has 0 aliphatic carbocycles. The van der Waals surface area contributed by atoms with Crippen LogP contribution in [-0.4, -0.2) is 31.0 Å². The molecule has 2 aliphatic rings. The van der Waals surface area contributed by atoms with Crippen molar-refractivity contribution in [1.82, 2.24) is 0 Å². The predicted molar refractivity (Wildman–Crippen MR) is 73.5 cm³/mol. The fourth-order valence-corrected chi connectivity index (χ4v) is 3.68. The molecular formula is C15H29NO2. The van der Waals surface area contributed by atoms with E-state index in [9.17, 15) is 0 Å². The van der Waals surface area contributed by atoms with Crippen molar-refractivity contribution >= 4 is 0 Å². The quantitative estimate of drug-likeness (QED) is 0.821. The van der Waals surface area contributed by atoms with Crippen LogP contribution in [0.1, 0.15) is 52.9 Å². The number of hydrogen-bond donors (Lipinski definition) is 1.